The second-order valence-corrected chi connectivity index (χ2v) is 12.6. The Balaban J connectivity index is 1.22. The molecule has 42 heavy (non-hydrogen) atoms. The molecule has 2 aliphatic heterocycles. The maximum atomic E-state index is 13.3. The minimum absolute atomic E-state index is 0.0186. The van der Waals surface area contributed by atoms with Gasteiger partial charge in [0, 0.05) is 28.2 Å². The number of nitrogens with one attached hydrogen (secondary N) is 2. The van der Waals surface area contributed by atoms with Crippen LogP contribution in [0.15, 0.2) is 34.2 Å². The zero-order chi connectivity index (χ0) is 29.4. The van der Waals surface area contributed by atoms with Gasteiger partial charge < -0.3 is 31.1 Å². The summed E-state index contributed by atoms with van der Waals surface area (Å²) in [7, 11) is 0. The van der Waals surface area contributed by atoms with Crippen LogP contribution >= 0.6 is 34.6 Å². The number of β-lactam (4-membered cyclic amide) rings is 1. The van der Waals surface area contributed by atoms with E-state index in [0.29, 0.717) is 12.0 Å². The first-order chi connectivity index (χ1) is 20.4. The van der Waals surface area contributed by atoms with Gasteiger partial charge in [0.1, 0.15) is 43.0 Å². The van der Waals surface area contributed by atoms with Gasteiger partial charge in [0.05, 0.1) is 11.7 Å². The van der Waals surface area contributed by atoms with Crippen molar-refractivity contribution >= 4 is 74.5 Å². The van der Waals surface area contributed by atoms with Crippen molar-refractivity contribution < 1.29 is 33.7 Å². The molecule has 0 spiro atoms. The quantitative estimate of drug-likeness (QED) is 0.0754. The topological polar surface area (TPSA) is 200 Å². The fraction of sp³-hybridized carbons (Fsp3) is 0.417. The van der Waals surface area contributed by atoms with Crippen LogP contribution in [0.5, 0.6) is 0 Å². The molecule has 3 amide bonds. The van der Waals surface area contributed by atoms with E-state index in [1.165, 1.54) is 23.1 Å². The van der Waals surface area contributed by atoms with E-state index in [1.807, 2.05) is 26.7 Å². The number of thiazole rings is 1. The third kappa shape index (κ3) is 5.20. The molecular formula is C24H25N9O6S3. The van der Waals surface area contributed by atoms with Crippen LogP contribution in [0.3, 0.4) is 0 Å². The van der Waals surface area contributed by atoms with E-state index in [4.69, 9.17) is 10.6 Å². The first-order valence-corrected chi connectivity index (χ1v) is 15.7. The largest absolute Gasteiger partial charge is 0.543 e. The number of hydrogen-bond donors (Lipinski definition) is 3. The number of aromatic nitrogens is 4. The number of nitrogens with zero attached hydrogens (tertiary/aromatic N) is 6. The third-order valence-corrected chi connectivity index (χ3v) is 9.89. The van der Waals surface area contributed by atoms with Crippen LogP contribution in [-0.4, -0.2) is 71.8 Å². The summed E-state index contributed by atoms with van der Waals surface area (Å²) in [5.74, 6) is -1.82. The lowest BCUT2D eigenvalue weighted by molar-refractivity contribution is -0.695. The van der Waals surface area contributed by atoms with E-state index >= 15 is 0 Å². The van der Waals surface area contributed by atoms with E-state index in [-0.39, 0.29) is 47.3 Å². The van der Waals surface area contributed by atoms with Crippen LogP contribution in [0.4, 0.5) is 5.13 Å². The Bertz CT molecular complexity index is 1620. The van der Waals surface area contributed by atoms with Crippen molar-refractivity contribution in [2.75, 3.05) is 11.5 Å². The second kappa shape index (κ2) is 11.7. The molecule has 5 heterocycles. The van der Waals surface area contributed by atoms with E-state index in [1.54, 1.807) is 0 Å². The van der Waals surface area contributed by atoms with Crippen LogP contribution in [0.1, 0.15) is 37.3 Å². The van der Waals surface area contributed by atoms with Gasteiger partial charge in [-0.2, -0.15) is 13.8 Å². The number of imidazole rings is 1. The van der Waals surface area contributed by atoms with Crippen molar-refractivity contribution in [2.45, 2.75) is 56.3 Å². The van der Waals surface area contributed by atoms with Crippen molar-refractivity contribution in [2.24, 2.45) is 5.16 Å². The van der Waals surface area contributed by atoms with Crippen molar-refractivity contribution in [1.29, 1.82) is 0 Å². The number of oxime groups is 1. The van der Waals surface area contributed by atoms with Crippen LogP contribution in [0, 0.1) is 0 Å². The highest BCUT2D eigenvalue weighted by Gasteiger charge is 2.53. The number of hydrogen-bond acceptors (Lipinski definition) is 13. The van der Waals surface area contributed by atoms with E-state index in [9.17, 15) is 24.3 Å². The molecule has 1 saturated carbocycles. The standard InChI is InChI=1S/C24H25N9O6S3/c25-24-28-19(30-42-24)16(29-39-13-3-1-2-4-13)20(35)27-17-21(36)33-18(23(37)38)12(10-41-22(17)33)8-31-9-15-32(5-6-40-15)14(31)7-26-11-34/h5-6,9,11,13,17,22H,1-4,7-8,10H2,(H4-,25,26,27,28,30,34,35,37,38)/b29-16-/t17-,22-/m1/s1. The average Bonchev–Trinajstić information content (AvgIpc) is 3.78. The van der Waals surface area contributed by atoms with Gasteiger partial charge in [0.15, 0.2) is 5.13 Å². The molecule has 0 bridgehead atoms. The smallest absolute Gasteiger partial charge is 0.282 e. The van der Waals surface area contributed by atoms with Crippen molar-refractivity contribution in [3.63, 3.8) is 0 Å². The van der Waals surface area contributed by atoms with Gasteiger partial charge in [-0.15, -0.1) is 11.8 Å². The van der Waals surface area contributed by atoms with Gasteiger partial charge in [0.25, 0.3) is 17.6 Å². The lowest BCUT2D eigenvalue weighted by Crippen LogP contribution is -2.71. The summed E-state index contributed by atoms with van der Waals surface area (Å²) in [5, 5.41) is 23.0. The number of nitrogen functional groups attached to an aromatic ring is 1. The predicted octanol–water partition coefficient (Wildman–Crippen LogP) is -1.26. The molecule has 0 radical (unpaired) electrons. The van der Waals surface area contributed by atoms with Crippen LogP contribution < -0.4 is 26.0 Å². The van der Waals surface area contributed by atoms with Gasteiger partial charge in [0.2, 0.25) is 22.8 Å². The van der Waals surface area contributed by atoms with Gasteiger partial charge in [-0.3, -0.25) is 19.3 Å². The Kier molecular flexibility index (Phi) is 7.82. The molecule has 220 valence electrons. The third-order valence-electron chi connectivity index (χ3n) is 7.21. The number of carboxylic acid groups (broad SMARTS) is 1. The Hall–Kier alpha value is -4.03. The number of carboxylic acids is 1. The van der Waals surface area contributed by atoms with Crippen LogP contribution in [0.25, 0.3) is 4.83 Å². The molecule has 1 saturated heterocycles. The summed E-state index contributed by atoms with van der Waals surface area (Å²) in [6, 6.07) is -1.01. The molecule has 0 unspecified atom stereocenters. The number of carbonyl (C=O) groups excluding carboxylic acids is 4. The number of fused-ring (bicyclic) bond motifs is 2. The van der Waals surface area contributed by atoms with Crippen molar-refractivity contribution in [3.8, 4) is 0 Å². The Labute approximate surface area is 250 Å². The number of rotatable bonds is 11. The molecule has 18 heteroatoms. The molecular weight excluding hydrogens is 607 g/mol. The van der Waals surface area contributed by atoms with E-state index in [2.05, 4.69) is 25.1 Å². The summed E-state index contributed by atoms with van der Waals surface area (Å²) in [6.45, 7) is 0.392. The minimum atomic E-state index is -1.49. The molecule has 3 aliphatic rings. The summed E-state index contributed by atoms with van der Waals surface area (Å²) in [5.41, 5.74) is 5.75. The average molecular weight is 632 g/mol. The zero-order valence-electron chi connectivity index (χ0n) is 21.9. The Morgan fingerprint density at radius 1 is 1.33 bits per heavy atom. The fourth-order valence-corrected chi connectivity index (χ4v) is 7.80. The number of amides is 3. The number of anilines is 1. The second-order valence-electron chi connectivity index (χ2n) is 9.79. The lowest BCUT2D eigenvalue weighted by atomic mass is 10.0. The van der Waals surface area contributed by atoms with Gasteiger partial charge in [-0.05, 0) is 25.7 Å². The zero-order valence-corrected chi connectivity index (χ0v) is 24.4. The van der Waals surface area contributed by atoms with Crippen molar-refractivity contribution in [3.05, 3.63) is 40.7 Å². The highest BCUT2D eigenvalue weighted by Crippen LogP contribution is 2.40. The molecule has 4 N–H and O–H groups in total. The number of nitrogens with two attached hydrogens (primary N) is 1. The monoisotopic (exact) mass is 631 g/mol. The van der Waals surface area contributed by atoms with Crippen LogP contribution in [0.2, 0.25) is 0 Å². The summed E-state index contributed by atoms with van der Waals surface area (Å²) in [4.78, 5) is 61.5. The Morgan fingerprint density at radius 2 is 2.14 bits per heavy atom. The molecule has 15 nitrogen and oxygen atoms in total. The highest BCUT2D eigenvalue weighted by atomic mass is 32.2. The minimum Gasteiger partial charge on any atom is -0.543 e. The maximum Gasteiger partial charge on any atom is 0.282 e. The molecule has 3 aromatic rings. The number of aliphatic carboxylic acids is 1. The first-order valence-electron chi connectivity index (χ1n) is 13.0. The van der Waals surface area contributed by atoms with Crippen molar-refractivity contribution in [1.82, 2.24) is 29.3 Å². The summed E-state index contributed by atoms with van der Waals surface area (Å²) in [6.07, 6.45) is 7.82. The summed E-state index contributed by atoms with van der Waals surface area (Å²) >= 11 is 3.71. The normalized spacial score (nSPS) is 20.9. The van der Waals surface area contributed by atoms with E-state index < -0.39 is 29.2 Å². The predicted molar refractivity (Wildman–Crippen MR) is 150 cm³/mol. The number of thioether (sulfide) groups is 1. The van der Waals surface area contributed by atoms with Gasteiger partial charge in [-0.1, -0.05) is 16.5 Å². The lowest BCUT2D eigenvalue weighted by Gasteiger charge is -2.50. The fourth-order valence-electron chi connectivity index (χ4n) is 5.24. The first kappa shape index (κ1) is 28.1. The molecule has 2 atom stereocenters. The molecule has 2 fully saturated rings. The van der Waals surface area contributed by atoms with E-state index in [0.717, 1.165) is 52.8 Å². The van der Waals surface area contributed by atoms with Gasteiger partial charge >= 0.3 is 0 Å². The maximum absolute atomic E-state index is 13.3. The van der Waals surface area contributed by atoms with Gasteiger partial charge in [-0.25, -0.2) is 4.57 Å². The molecule has 3 aromatic heterocycles. The number of carbonyl (C=O) groups is 4. The summed E-state index contributed by atoms with van der Waals surface area (Å²) < 4.78 is 7.81. The molecule has 1 aliphatic carbocycles. The Morgan fingerprint density at radius 3 is 2.86 bits per heavy atom. The van der Waals surface area contributed by atoms with Crippen LogP contribution in [-0.2, 0) is 37.1 Å². The molecule has 0 aromatic carbocycles. The highest BCUT2D eigenvalue weighted by molar-refractivity contribution is 8.00. The molecule has 6 rings (SSSR count). The SMILES string of the molecule is Nc1nc(/C(=N/OC2CCCC2)C(=O)N[C@@H]2C(=O)N3C(C(=O)[O-])=C(C[n+]4cc5sccn5c4CNC=O)CS[C@H]23)ns1.